The fraction of sp³-hybridized carbons (Fsp3) is 0.316. The largest absolute Gasteiger partial charge is 0.496 e. The first-order chi connectivity index (χ1) is 13.1. The minimum absolute atomic E-state index is 0.387. The smallest absolute Gasteiger partial charge is 0.341 e. The first kappa shape index (κ1) is 20.5. The number of halogens is 1. The lowest BCUT2D eigenvalue weighted by Crippen LogP contribution is -2.37. The molecule has 1 heterocycles. The van der Waals surface area contributed by atoms with E-state index >= 15 is 0 Å². The monoisotopic (exact) mass is 390 g/mol. The molecule has 0 aliphatic rings. The van der Waals surface area contributed by atoms with E-state index in [1.54, 1.807) is 31.4 Å². The number of hydrogen-bond acceptors (Lipinski definition) is 5. The molecule has 144 valence electrons. The van der Waals surface area contributed by atoms with E-state index in [9.17, 15) is 4.79 Å². The van der Waals surface area contributed by atoms with Crippen molar-refractivity contribution in [2.24, 2.45) is 4.99 Å². The average molecular weight is 391 g/mol. The number of ether oxygens (including phenoxy) is 2. The van der Waals surface area contributed by atoms with Crippen LogP contribution in [0.2, 0.25) is 5.15 Å². The molecule has 2 aromatic rings. The Hall–Kier alpha value is -2.80. The molecule has 0 atom stereocenters. The number of pyridine rings is 1. The Morgan fingerprint density at radius 1 is 1.19 bits per heavy atom. The summed E-state index contributed by atoms with van der Waals surface area (Å²) in [6.45, 7) is 1.19. The zero-order chi connectivity index (χ0) is 19.6. The number of nitrogens with one attached hydrogen (secondary N) is 2. The van der Waals surface area contributed by atoms with Crippen molar-refractivity contribution in [1.29, 1.82) is 0 Å². The highest BCUT2D eigenvalue weighted by Gasteiger charge is 2.13. The lowest BCUT2D eigenvalue weighted by atomic mass is 10.1. The summed E-state index contributed by atoms with van der Waals surface area (Å²) < 4.78 is 10.00. The third kappa shape index (κ3) is 6.14. The van der Waals surface area contributed by atoms with E-state index in [2.05, 4.69) is 20.6 Å². The Morgan fingerprint density at radius 3 is 2.59 bits per heavy atom. The molecule has 0 fully saturated rings. The van der Waals surface area contributed by atoms with Gasteiger partial charge in [-0.15, -0.1) is 0 Å². The minimum atomic E-state index is -0.437. The van der Waals surface area contributed by atoms with Gasteiger partial charge in [-0.25, -0.2) is 9.78 Å². The fourth-order valence-electron chi connectivity index (χ4n) is 2.42. The molecule has 1 aromatic carbocycles. The Bertz CT molecular complexity index is 794. The molecule has 27 heavy (non-hydrogen) atoms. The number of nitrogens with zero attached hydrogens (tertiary/aromatic N) is 2. The highest BCUT2D eigenvalue weighted by atomic mass is 35.5. The van der Waals surface area contributed by atoms with E-state index in [-0.39, 0.29) is 0 Å². The second kappa shape index (κ2) is 10.4. The molecule has 0 aliphatic heterocycles. The number of carbonyl (C=O) groups excluding carboxylic acids is 1. The van der Waals surface area contributed by atoms with Crippen molar-refractivity contribution in [3.05, 3.63) is 58.4 Å². The van der Waals surface area contributed by atoms with E-state index < -0.39 is 5.97 Å². The average Bonchev–Trinajstić information content (AvgIpc) is 2.71. The Kier molecular flexibility index (Phi) is 7.88. The topological polar surface area (TPSA) is 84.8 Å². The van der Waals surface area contributed by atoms with Gasteiger partial charge in [0.05, 0.1) is 14.2 Å². The second-order valence-corrected chi connectivity index (χ2v) is 6.01. The predicted octanol–water partition coefficient (Wildman–Crippen LogP) is 2.44. The molecule has 0 saturated heterocycles. The quantitative estimate of drug-likeness (QED) is 0.327. The maximum atomic E-state index is 11.9. The number of aliphatic imine (C=N–C) groups is 1. The van der Waals surface area contributed by atoms with Gasteiger partial charge in [0.15, 0.2) is 5.96 Å². The SMILES string of the molecule is CN=C(NCCc1ccc(Cl)nc1)NCc1ccc(OC)c(C(=O)OC)c1. The number of benzene rings is 1. The summed E-state index contributed by atoms with van der Waals surface area (Å²) in [4.78, 5) is 20.1. The fourth-order valence-corrected chi connectivity index (χ4v) is 2.53. The molecule has 0 radical (unpaired) electrons. The van der Waals surface area contributed by atoms with Crippen molar-refractivity contribution in [3.63, 3.8) is 0 Å². The molecular weight excluding hydrogens is 368 g/mol. The van der Waals surface area contributed by atoms with Gasteiger partial charge >= 0.3 is 5.97 Å². The lowest BCUT2D eigenvalue weighted by molar-refractivity contribution is 0.0597. The van der Waals surface area contributed by atoms with Crippen molar-refractivity contribution in [1.82, 2.24) is 15.6 Å². The molecule has 0 aliphatic carbocycles. The Labute approximate surface area is 163 Å². The number of esters is 1. The summed E-state index contributed by atoms with van der Waals surface area (Å²) in [6.07, 6.45) is 2.55. The highest BCUT2D eigenvalue weighted by Crippen LogP contribution is 2.20. The third-order valence-corrected chi connectivity index (χ3v) is 4.07. The van der Waals surface area contributed by atoms with Crippen molar-refractivity contribution < 1.29 is 14.3 Å². The van der Waals surface area contributed by atoms with Crippen LogP contribution in [0.1, 0.15) is 21.5 Å². The van der Waals surface area contributed by atoms with Crippen molar-refractivity contribution in [3.8, 4) is 5.75 Å². The van der Waals surface area contributed by atoms with Crippen LogP contribution >= 0.6 is 11.6 Å². The highest BCUT2D eigenvalue weighted by molar-refractivity contribution is 6.29. The van der Waals surface area contributed by atoms with Gasteiger partial charge in [-0.1, -0.05) is 23.7 Å². The standard InChI is InChI=1S/C19H23ClN4O3/c1-21-19(22-9-8-13-5-7-17(20)23-11-13)24-12-14-4-6-16(26-2)15(10-14)18(25)27-3/h4-7,10-11H,8-9,12H2,1-3H3,(H2,21,22,24). The van der Waals surface area contributed by atoms with Crippen molar-refractivity contribution >= 4 is 23.5 Å². The Balaban J connectivity index is 1.89. The van der Waals surface area contributed by atoms with E-state index in [0.717, 1.165) is 17.5 Å². The van der Waals surface area contributed by atoms with Crippen LogP contribution in [-0.2, 0) is 17.7 Å². The van der Waals surface area contributed by atoms with Crippen LogP contribution in [-0.4, -0.2) is 44.7 Å². The van der Waals surface area contributed by atoms with Gasteiger partial charge in [0, 0.05) is 26.3 Å². The maximum Gasteiger partial charge on any atom is 0.341 e. The second-order valence-electron chi connectivity index (χ2n) is 5.62. The Morgan fingerprint density at radius 2 is 1.96 bits per heavy atom. The van der Waals surface area contributed by atoms with Gasteiger partial charge in [-0.3, -0.25) is 4.99 Å². The molecule has 1 aromatic heterocycles. The number of hydrogen-bond donors (Lipinski definition) is 2. The molecule has 0 amide bonds. The summed E-state index contributed by atoms with van der Waals surface area (Å²) in [5.74, 6) is 0.699. The summed E-state index contributed by atoms with van der Waals surface area (Å²) in [7, 11) is 4.56. The summed E-state index contributed by atoms with van der Waals surface area (Å²) in [5.41, 5.74) is 2.37. The minimum Gasteiger partial charge on any atom is -0.496 e. The molecule has 2 rings (SSSR count). The normalized spacial score (nSPS) is 11.0. The molecule has 2 N–H and O–H groups in total. The molecule has 0 unspecified atom stereocenters. The van der Waals surface area contributed by atoms with Crippen molar-refractivity contribution in [2.45, 2.75) is 13.0 Å². The predicted molar refractivity (Wildman–Crippen MR) is 105 cm³/mol. The van der Waals surface area contributed by atoms with E-state index in [1.165, 1.54) is 14.2 Å². The van der Waals surface area contributed by atoms with Gasteiger partial charge in [-0.2, -0.15) is 0 Å². The number of aromatic nitrogens is 1. The molecule has 0 saturated carbocycles. The van der Waals surface area contributed by atoms with Crippen LogP contribution in [0.25, 0.3) is 0 Å². The third-order valence-electron chi connectivity index (χ3n) is 3.85. The van der Waals surface area contributed by atoms with Gasteiger partial charge in [0.25, 0.3) is 0 Å². The van der Waals surface area contributed by atoms with Crippen LogP contribution < -0.4 is 15.4 Å². The van der Waals surface area contributed by atoms with Crippen LogP contribution in [0.15, 0.2) is 41.5 Å². The molecule has 0 bridgehead atoms. The van der Waals surface area contributed by atoms with Gasteiger partial charge in [-0.05, 0) is 35.7 Å². The van der Waals surface area contributed by atoms with E-state index in [0.29, 0.717) is 35.5 Å². The first-order valence-corrected chi connectivity index (χ1v) is 8.75. The number of rotatable bonds is 7. The van der Waals surface area contributed by atoms with E-state index in [1.807, 2.05) is 12.1 Å². The first-order valence-electron chi connectivity index (χ1n) is 8.37. The van der Waals surface area contributed by atoms with Crippen LogP contribution in [0.5, 0.6) is 5.75 Å². The summed E-state index contributed by atoms with van der Waals surface area (Å²) in [5, 5.41) is 6.93. The zero-order valence-electron chi connectivity index (χ0n) is 15.6. The van der Waals surface area contributed by atoms with Crippen LogP contribution in [0, 0.1) is 0 Å². The van der Waals surface area contributed by atoms with Crippen LogP contribution in [0.3, 0.4) is 0 Å². The van der Waals surface area contributed by atoms with Crippen LogP contribution in [0.4, 0.5) is 0 Å². The lowest BCUT2D eigenvalue weighted by Gasteiger charge is -2.13. The van der Waals surface area contributed by atoms with Gasteiger partial charge in [0.1, 0.15) is 16.5 Å². The molecule has 8 heteroatoms. The summed E-state index contributed by atoms with van der Waals surface area (Å²) >= 11 is 5.78. The molecule has 0 spiro atoms. The number of methoxy groups -OCH3 is 2. The number of guanidine groups is 1. The number of carbonyl (C=O) groups is 1. The van der Waals surface area contributed by atoms with E-state index in [4.69, 9.17) is 21.1 Å². The maximum absolute atomic E-state index is 11.9. The van der Waals surface area contributed by atoms with Crippen molar-refractivity contribution in [2.75, 3.05) is 27.8 Å². The summed E-state index contributed by atoms with van der Waals surface area (Å²) in [6, 6.07) is 9.08. The zero-order valence-corrected chi connectivity index (χ0v) is 16.3. The van der Waals surface area contributed by atoms with Gasteiger partial charge < -0.3 is 20.1 Å². The molecular formula is C19H23ClN4O3. The molecule has 7 nitrogen and oxygen atoms in total. The van der Waals surface area contributed by atoms with Gasteiger partial charge in [0.2, 0.25) is 0 Å².